The van der Waals surface area contributed by atoms with Gasteiger partial charge in [0, 0.05) is 44.8 Å². The van der Waals surface area contributed by atoms with Gasteiger partial charge in [-0.05, 0) is 44.7 Å². The van der Waals surface area contributed by atoms with E-state index in [-0.39, 0.29) is 11.9 Å². The maximum atomic E-state index is 13.2. The van der Waals surface area contributed by atoms with Crippen LogP contribution in [0, 0.1) is 13.8 Å². The Morgan fingerprint density at radius 2 is 1.39 bits per heavy atom. The molecule has 188 valence electrons. The summed E-state index contributed by atoms with van der Waals surface area (Å²) in [4.78, 5) is 29.0. The SMILES string of the molecule is Cc1ncnc(C)c1C(=O)N1CCC(N2CCN(C(c3ccccc3)c3ccccc3)[C@@H](C)C2)CC1. The van der Waals surface area contributed by atoms with E-state index in [4.69, 9.17) is 0 Å². The largest absolute Gasteiger partial charge is 0.338 e. The van der Waals surface area contributed by atoms with Gasteiger partial charge in [-0.25, -0.2) is 9.97 Å². The lowest BCUT2D eigenvalue weighted by Crippen LogP contribution is -2.57. The molecule has 3 heterocycles. The molecule has 0 N–H and O–H groups in total. The summed E-state index contributed by atoms with van der Waals surface area (Å²) in [5.41, 5.74) is 4.92. The molecule has 5 rings (SSSR count). The summed E-state index contributed by atoms with van der Waals surface area (Å²) in [7, 11) is 0. The van der Waals surface area contributed by atoms with Gasteiger partial charge in [0.25, 0.3) is 5.91 Å². The zero-order valence-electron chi connectivity index (χ0n) is 21.7. The maximum Gasteiger partial charge on any atom is 0.257 e. The number of hydrogen-bond acceptors (Lipinski definition) is 5. The van der Waals surface area contributed by atoms with Crippen LogP contribution >= 0.6 is 0 Å². The fraction of sp³-hybridized carbons (Fsp3) is 0.433. The van der Waals surface area contributed by atoms with Gasteiger partial charge in [0.1, 0.15) is 6.33 Å². The first-order valence-electron chi connectivity index (χ1n) is 13.2. The van der Waals surface area contributed by atoms with Gasteiger partial charge < -0.3 is 4.90 Å². The third-order valence-corrected chi connectivity index (χ3v) is 7.98. The molecule has 2 fully saturated rings. The van der Waals surface area contributed by atoms with Crippen molar-refractivity contribution in [3.63, 3.8) is 0 Å². The fourth-order valence-corrected chi connectivity index (χ4v) is 6.06. The number of amides is 1. The van der Waals surface area contributed by atoms with Crippen LogP contribution in [0.4, 0.5) is 0 Å². The highest BCUT2D eigenvalue weighted by atomic mass is 16.2. The third-order valence-electron chi connectivity index (χ3n) is 7.98. The van der Waals surface area contributed by atoms with Crippen LogP contribution in [-0.2, 0) is 0 Å². The summed E-state index contributed by atoms with van der Waals surface area (Å²) in [6.07, 6.45) is 3.57. The van der Waals surface area contributed by atoms with E-state index in [1.807, 2.05) is 18.7 Å². The van der Waals surface area contributed by atoms with Crippen molar-refractivity contribution in [1.29, 1.82) is 0 Å². The maximum absolute atomic E-state index is 13.2. The molecule has 3 aromatic rings. The molecule has 6 heteroatoms. The fourth-order valence-electron chi connectivity index (χ4n) is 6.06. The highest BCUT2D eigenvalue weighted by molar-refractivity contribution is 5.96. The van der Waals surface area contributed by atoms with Gasteiger partial charge >= 0.3 is 0 Å². The first kappa shape index (κ1) is 24.6. The number of piperidine rings is 1. The number of carbonyl (C=O) groups excluding carboxylic acids is 1. The number of nitrogens with zero attached hydrogens (tertiary/aromatic N) is 5. The van der Waals surface area contributed by atoms with Crippen LogP contribution in [0.2, 0.25) is 0 Å². The predicted molar refractivity (Wildman–Crippen MR) is 143 cm³/mol. The lowest BCUT2D eigenvalue weighted by molar-refractivity contribution is 0.0172. The molecule has 2 aliphatic heterocycles. The topological polar surface area (TPSA) is 52.6 Å². The van der Waals surface area contributed by atoms with Crippen molar-refractivity contribution in [1.82, 2.24) is 24.7 Å². The highest BCUT2D eigenvalue weighted by Crippen LogP contribution is 2.33. The molecule has 0 unspecified atom stereocenters. The van der Waals surface area contributed by atoms with Crippen molar-refractivity contribution in [3.05, 3.63) is 95.1 Å². The summed E-state index contributed by atoms with van der Waals surface area (Å²) in [5, 5.41) is 0. The molecule has 6 nitrogen and oxygen atoms in total. The van der Waals surface area contributed by atoms with Crippen molar-refractivity contribution in [3.8, 4) is 0 Å². The van der Waals surface area contributed by atoms with Gasteiger partial charge in [-0.1, -0.05) is 60.7 Å². The summed E-state index contributed by atoms with van der Waals surface area (Å²) in [6.45, 7) is 10.9. The second kappa shape index (κ2) is 10.9. The van der Waals surface area contributed by atoms with Crippen LogP contribution in [0.25, 0.3) is 0 Å². The molecule has 2 aromatic carbocycles. The zero-order chi connectivity index (χ0) is 25.1. The summed E-state index contributed by atoms with van der Waals surface area (Å²) >= 11 is 0. The van der Waals surface area contributed by atoms with Crippen LogP contribution in [0.5, 0.6) is 0 Å². The van der Waals surface area contributed by atoms with E-state index in [0.717, 1.165) is 57.0 Å². The number of hydrogen-bond donors (Lipinski definition) is 0. The van der Waals surface area contributed by atoms with Gasteiger partial charge in [0.05, 0.1) is 23.0 Å². The average molecular weight is 484 g/mol. The Bertz CT molecular complexity index is 1100. The summed E-state index contributed by atoms with van der Waals surface area (Å²) in [5.74, 6) is 0.0794. The molecule has 1 amide bonds. The minimum absolute atomic E-state index is 0.0794. The van der Waals surface area contributed by atoms with Gasteiger partial charge in [0.15, 0.2) is 0 Å². The van der Waals surface area contributed by atoms with Crippen molar-refractivity contribution < 1.29 is 4.79 Å². The Labute approximate surface area is 215 Å². The van der Waals surface area contributed by atoms with Crippen molar-refractivity contribution >= 4 is 5.91 Å². The van der Waals surface area contributed by atoms with Crippen molar-refractivity contribution in [2.75, 3.05) is 32.7 Å². The van der Waals surface area contributed by atoms with Gasteiger partial charge in [-0.2, -0.15) is 0 Å². The number of likely N-dealkylation sites (tertiary alicyclic amines) is 1. The van der Waals surface area contributed by atoms with Crippen molar-refractivity contribution in [2.24, 2.45) is 0 Å². The van der Waals surface area contributed by atoms with E-state index in [1.165, 1.54) is 17.5 Å². The number of carbonyl (C=O) groups is 1. The molecule has 0 saturated carbocycles. The van der Waals surface area contributed by atoms with Crippen LogP contribution in [0.1, 0.15) is 58.7 Å². The van der Waals surface area contributed by atoms with E-state index in [0.29, 0.717) is 17.6 Å². The van der Waals surface area contributed by atoms with Gasteiger partial charge in [0.2, 0.25) is 0 Å². The molecule has 0 spiro atoms. The van der Waals surface area contributed by atoms with Crippen LogP contribution in [-0.4, -0.2) is 75.4 Å². The van der Waals surface area contributed by atoms with Crippen LogP contribution < -0.4 is 0 Å². The minimum atomic E-state index is 0.0794. The van der Waals surface area contributed by atoms with E-state index < -0.39 is 0 Å². The number of benzene rings is 2. The Hall–Kier alpha value is -3.09. The summed E-state index contributed by atoms with van der Waals surface area (Å²) in [6, 6.07) is 23.0. The molecule has 0 radical (unpaired) electrons. The van der Waals surface area contributed by atoms with E-state index in [1.54, 1.807) is 0 Å². The van der Waals surface area contributed by atoms with E-state index >= 15 is 0 Å². The third kappa shape index (κ3) is 5.06. The first-order chi connectivity index (χ1) is 17.5. The Morgan fingerprint density at radius 3 is 1.92 bits per heavy atom. The molecular weight excluding hydrogens is 446 g/mol. The van der Waals surface area contributed by atoms with Gasteiger partial charge in [-0.3, -0.25) is 14.6 Å². The minimum Gasteiger partial charge on any atom is -0.338 e. The van der Waals surface area contributed by atoms with E-state index in [2.05, 4.69) is 87.4 Å². The molecule has 2 saturated heterocycles. The van der Waals surface area contributed by atoms with Crippen LogP contribution in [0.15, 0.2) is 67.0 Å². The zero-order valence-corrected chi connectivity index (χ0v) is 21.7. The second-order valence-corrected chi connectivity index (χ2v) is 10.2. The standard InChI is InChI=1S/C30H37N5O/c1-22-20-34(27-14-16-33(17-15-27)30(36)28-23(2)31-21-32-24(28)3)18-19-35(22)29(25-10-6-4-7-11-25)26-12-8-5-9-13-26/h4-13,21-22,27,29H,14-20H2,1-3H3/t22-/m0/s1. The monoisotopic (exact) mass is 483 g/mol. The Morgan fingerprint density at radius 1 is 0.833 bits per heavy atom. The molecular formula is C30H37N5O. The van der Waals surface area contributed by atoms with E-state index in [9.17, 15) is 4.79 Å². The normalized spacial score (nSPS) is 20.1. The molecule has 2 aliphatic rings. The lowest BCUT2D eigenvalue weighted by atomic mass is 9.94. The molecule has 0 bridgehead atoms. The molecule has 1 atom stereocenters. The highest BCUT2D eigenvalue weighted by Gasteiger charge is 2.35. The lowest BCUT2D eigenvalue weighted by Gasteiger charge is -2.48. The summed E-state index contributed by atoms with van der Waals surface area (Å²) < 4.78 is 0. The molecule has 36 heavy (non-hydrogen) atoms. The predicted octanol–water partition coefficient (Wildman–Crippen LogP) is 4.49. The second-order valence-electron chi connectivity index (χ2n) is 10.2. The number of aromatic nitrogens is 2. The number of piperazine rings is 1. The Balaban J connectivity index is 1.23. The number of aryl methyl sites for hydroxylation is 2. The first-order valence-corrected chi connectivity index (χ1v) is 13.2. The molecule has 1 aromatic heterocycles. The van der Waals surface area contributed by atoms with Gasteiger partial charge in [-0.15, -0.1) is 0 Å². The molecule has 0 aliphatic carbocycles. The smallest absolute Gasteiger partial charge is 0.257 e. The van der Waals surface area contributed by atoms with Crippen LogP contribution in [0.3, 0.4) is 0 Å². The van der Waals surface area contributed by atoms with Crippen molar-refractivity contribution in [2.45, 2.75) is 51.7 Å². The quantitative estimate of drug-likeness (QED) is 0.535. The average Bonchev–Trinajstić information content (AvgIpc) is 2.91. The Kier molecular flexibility index (Phi) is 7.44. The number of rotatable bonds is 5.